The first-order valence-corrected chi connectivity index (χ1v) is 7.04. The summed E-state index contributed by atoms with van der Waals surface area (Å²) in [6, 6.07) is 3.64. The van der Waals surface area contributed by atoms with Crippen LogP contribution in [-0.2, 0) is 11.2 Å². The molecule has 0 heterocycles. The lowest BCUT2D eigenvalue weighted by Gasteiger charge is -2.16. The minimum atomic E-state index is -0.562. The lowest BCUT2D eigenvalue weighted by Crippen LogP contribution is -2.44. The SMILES string of the molecule is CCNC(=NCCc1cc(F)cc(F)c1)NC(C)COC. The minimum Gasteiger partial charge on any atom is -0.383 e. The normalized spacial score (nSPS) is 13.1. The van der Waals surface area contributed by atoms with E-state index < -0.39 is 11.6 Å². The zero-order valence-electron chi connectivity index (χ0n) is 12.7. The van der Waals surface area contributed by atoms with Crippen LogP contribution in [-0.4, -0.2) is 38.8 Å². The Morgan fingerprint density at radius 3 is 2.52 bits per heavy atom. The average molecular weight is 299 g/mol. The summed E-state index contributed by atoms with van der Waals surface area (Å²) in [5.41, 5.74) is 0.594. The third kappa shape index (κ3) is 7.04. The first kappa shape index (κ1) is 17.4. The van der Waals surface area contributed by atoms with Gasteiger partial charge in [-0.15, -0.1) is 0 Å². The molecule has 1 aromatic rings. The predicted octanol–water partition coefficient (Wildman–Crippen LogP) is 2.10. The van der Waals surface area contributed by atoms with E-state index >= 15 is 0 Å². The van der Waals surface area contributed by atoms with Crippen LogP contribution in [0.15, 0.2) is 23.2 Å². The molecule has 0 saturated heterocycles. The van der Waals surface area contributed by atoms with E-state index in [-0.39, 0.29) is 6.04 Å². The number of guanidine groups is 1. The second-order valence-electron chi connectivity index (χ2n) is 4.79. The fraction of sp³-hybridized carbons (Fsp3) is 0.533. The van der Waals surface area contributed by atoms with E-state index in [9.17, 15) is 8.78 Å². The molecule has 4 nitrogen and oxygen atoms in total. The Labute approximate surface area is 124 Å². The van der Waals surface area contributed by atoms with Crippen molar-refractivity contribution in [2.45, 2.75) is 26.3 Å². The van der Waals surface area contributed by atoms with E-state index in [1.807, 2.05) is 13.8 Å². The molecule has 1 unspecified atom stereocenters. The molecule has 2 N–H and O–H groups in total. The topological polar surface area (TPSA) is 45.7 Å². The highest BCUT2D eigenvalue weighted by Gasteiger charge is 2.04. The van der Waals surface area contributed by atoms with Gasteiger partial charge in [0, 0.05) is 32.3 Å². The summed E-state index contributed by atoms with van der Waals surface area (Å²) in [5, 5.41) is 6.31. The van der Waals surface area contributed by atoms with E-state index in [0.717, 1.165) is 12.6 Å². The van der Waals surface area contributed by atoms with Crippen LogP contribution in [0.2, 0.25) is 0 Å². The van der Waals surface area contributed by atoms with Gasteiger partial charge in [0.15, 0.2) is 5.96 Å². The van der Waals surface area contributed by atoms with Crippen LogP contribution in [0, 0.1) is 11.6 Å². The second-order valence-corrected chi connectivity index (χ2v) is 4.79. The Kier molecular flexibility index (Phi) is 7.68. The first-order valence-electron chi connectivity index (χ1n) is 7.04. The highest BCUT2D eigenvalue weighted by Crippen LogP contribution is 2.08. The Morgan fingerprint density at radius 1 is 1.29 bits per heavy atom. The fourth-order valence-corrected chi connectivity index (χ4v) is 1.90. The number of halogens is 2. The van der Waals surface area contributed by atoms with Gasteiger partial charge in [0.1, 0.15) is 11.6 Å². The molecule has 0 aliphatic carbocycles. The van der Waals surface area contributed by atoms with Crippen molar-refractivity contribution in [1.29, 1.82) is 0 Å². The monoisotopic (exact) mass is 299 g/mol. The molecule has 0 aliphatic rings. The molecule has 0 radical (unpaired) electrons. The van der Waals surface area contributed by atoms with Gasteiger partial charge in [-0.25, -0.2) is 8.78 Å². The number of hydrogen-bond acceptors (Lipinski definition) is 2. The van der Waals surface area contributed by atoms with Gasteiger partial charge in [-0.05, 0) is 38.0 Å². The first-order chi connectivity index (χ1) is 10.0. The minimum absolute atomic E-state index is 0.124. The molecule has 0 bridgehead atoms. The van der Waals surface area contributed by atoms with E-state index in [4.69, 9.17) is 4.74 Å². The van der Waals surface area contributed by atoms with E-state index in [1.54, 1.807) is 7.11 Å². The van der Waals surface area contributed by atoms with Crippen molar-refractivity contribution >= 4 is 5.96 Å². The molecule has 118 valence electrons. The van der Waals surface area contributed by atoms with Gasteiger partial charge in [0.25, 0.3) is 0 Å². The van der Waals surface area contributed by atoms with Gasteiger partial charge >= 0.3 is 0 Å². The molecule has 0 amide bonds. The van der Waals surface area contributed by atoms with Crippen LogP contribution in [0.1, 0.15) is 19.4 Å². The molecular formula is C15H23F2N3O. The molecular weight excluding hydrogens is 276 g/mol. The van der Waals surface area contributed by atoms with Crippen molar-refractivity contribution in [3.05, 3.63) is 35.4 Å². The van der Waals surface area contributed by atoms with Crippen molar-refractivity contribution in [3.8, 4) is 0 Å². The van der Waals surface area contributed by atoms with Crippen molar-refractivity contribution < 1.29 is 13.5 Å². The van der Waals surface area contributed by atoms with E-state index in [1.165, 1.54) is 12.1 Å². The largest absolute Gasteiger partial charge is 0.383 e. The van der Waals surface area contributed by atoms with Crippen LogP contribution >= 0.6 is 0 Å². The third-order valence-corrected chi connectivity index (χ3v) is 2.74. The standard InChI is InChI=1S/C15H23F2N3O/c1-4-18-15(20-11(2)10-21-3)19-6-5-12-7-13(16)9-14(17)8-12/h7-9,11H,4-6,10H2,1-3H3,(H2,18,19,20). The molecule has 0 spiro atoms. The summed E-state index contributed by atoms with van der Waals surface area (Å²) in [6.07, 6.45) is 0.476. The molecule has 0 saturated carbocycles. The van der Waals surface area contributed by atoms with Gasteiger partial charge in [0.2, 0.25) is 0 Å². The summed E-state index contributed by atoms with van der Waals surface area (Å²) >= 11 is 0. The molecule has 1 rings (SSSR count). The maximum absolute atomic E-state index is 13.1. The zero-order chi connectivity index (χ0) is 15.7. The number of ether oxygens (including phenoxy) is 1. The number of rotatable bonds is 7. The summed E-state index contributed by atoms with van der Waals surface area (Å²) in [5.74, 6) is -0.459. The number of methoxy groups -OCH3 is 1. The summed E-state index contributed by atoms with van der Waals surface area (Å²) in [4.78, 5) is 4.38. The van der Waals surface area contributed by atoms with E-state index in [2.05, 4.69) is 15.6 Å². The molecule has 6 heteroatoms. The lowest BCUT2D eigenvalue weighted by atomic mass is 10.1. The van der Waals surface area contributed by atoms with Gasteiger partial charge in [-0.1, -0.05) is 0 Å². The third-order valence-electron chi connectivity index (χ3n) is 2.74. The number of aliphatic imine (C=N–C) groups is 1. The van der Waals surface area contributed by atoms with Gasteiger partial charge in [-0.3, -0.25) is 4.99 Å². The molecule has 0 aliphatic heterocycles. The maximum atomic E-state index is 13.1. The number of nitrogens with one attached hydrogen (secondary N) is 2. The molecule has 1 atom stereocenters. The van der Waals surface area contributed by atoms with Crippen molar-refractivity contribution in [2.24, 2.45) is 4.99 Å². The van der Waals surface area contributed by atoms with Crippen molar-refractivity contribution in [3.63, 3.8) is 0 Å². The molecule has 1 aromatic carbocycles. The van der Waals surface area contributed by atoms with Gasteiger partial charge in [-0.2, -0.15) is 0 Å². The number of nitrogens with zero attached hydrogens (tertiary/aromatic N) is 1. The molecule has 0 fully saturated rings. The van der Waals surface area contributed by atoms with E-state index in [0.29, 0.717) is 31.1 Å². The summed E-state index contributed by atoms with van der Waals surface area (Å²) < 4.78 is 31.2. The highest BCUT2D eigenvalue weighted by atomic mass is 19.1. The van der Waals surface area contributed by atoms with Crippen molar-refractivity contribution in [1.82, 2.24) is 10.6 Å². The smallest absolute Gasteiger partial charge is 0.191 e. The second kappa shape index (κ2) is 9.28. The predicted molar refractivity (Wildman–Crippen MR) is 80.5 cm³/mol. The Bertz CT molecular complexity index is 446. The van der Waals surface area contributed by atoms with Crippen molar-refractivity contribution in [2.75, 3.05) is 26.8 Å². The maximum Gasteiger partial charge on any atom is 0.191 e. The van der Waals surface area contributed by atoms with Crippen LogP contribution < -0.4 is 10.6 Å². The van der Waals surface area contributed by atoms with Crippen LogP contribution in [0.3, 0.4) is 0 Å². The lowest BCUT2D eigenvalue weighted by molar-refractivity contribution is 0.179. The Balaban J connectivity index is 2.57. The summed E-state index contributed by atoms with van der Waals surface area (Å²) in [7, 11) is 1.64. The van der Waals surface area contributed by atoms with Gasteiger partial charge < -0.3 is 15.4 Å². The molecule has 0 aromatic heterocycles. The zero-order valence-corrected chi connectivity index (χ0v) is 12.7. The Morgan fingerprint density at radius 2 is 1.95 bits per heavy atom. The van der Waals surface area contributed by atoms with Crippen LogP contribution in [0.25, 0.3) is 0 Å². The van der Waals surface area contributed by atoms with Crippen LogP contribution in [0.4, 0.5) is 8.78 Å². The highest BCUT2D eigenvalue weighted by molar-refractivity contribution is 5.80. The molecule has 21 heavy (non-hydrogen) atoms. The average Bonchev–Trinajstić information content (AvgIpc) is 2.38. The summed E-state index contributed by atoms with van der Waals surface area (Å²) in [6.45, 7) is 5.70. The number of hydrogen-bond donors (Lipinski definition) is 2. The fourth-order valence-electron chi connectivity index (χ4n) is 1.90. The quantitative estimate of drug-likeness (QED) is 0.599. The van der Waals surface area contributed by atoms with Gasteiger partial charge in [0.05, 0.1) is 6.61 Å². The Hall–Kier alpha value is -1.69. The number of benzene rings is 1. The van der Waals surface area contributed by atoms with Crippen LogP contribution in [0.5, 0.6) is 0 Å².